The van der Waals surface area contributed by atoms with Gasteiger partial charge >= 0.3 is 0 Å². The Balaban J connectivity index is 1.16. The summed E-state index contributed by atoms with van der Waals surface area (Å²) in [6.07, 6.45) is 8.74. The summed E-state index contributed by atoms with van der Waals surface area (Å²) in [5.74, 6) is 1.99. The molecule has 154 valence electrons. The summed E-state index contributed by atoms with van der Waals surface area (Å²) < 4.78 is 2.00. The fourth-order valence-corrected chi connectivity index (χ4v) is 4.06. The predicted octanol–water partition coefficient (Wildman–Crippen LogP) is 4.75. The van der Waals surface area contributed by atoms with E-state index in [0.717, 1.165) is 22.3 Å². The summed E-state index contributed by atoms with van der Waals surface area (Å²) >= 11 is 0. The largest absolute Gasteiger partial charge is 0.324 e. The molecule has 1 amide bonds. The van der Waals surface area contributed by atoms with E-state index < -0.39 is 0 Å². The van der Waals surface area contributed by atoms with E-state index in [0.29, 0.717) is 23.9 Å². The second-order valence-corrected chi connectivity index (χ2v) is 8.61. The Morgan fingerprint density at radius 1 is 1.00 bits per heavy atom. The third-order valence-corrected chi connectivity index (χ3v) is 6.03. The molecule has 2 fully saturated rings. The molecule has 0 unspecified atom stereocenters. The number of fused-ring (bicyclic) bond motifs is 1. The van der Waals surface area contributed by atoms with Gasteiger partial charge in [-0.2, -0.15) is 5.10 Å². The molecule has 1 aromatic carbocycles. The number of pyridine rings is 2. The van der Waals surface area contributed by atoms with E-state index in [2.05, 4.69) is 21.4 Å². The summed E-state index contributed by atoms with van der Waals surface area (Å²) in [5.41, 5.74) is 5.06. The van der Waals surface area contributed by atoms with E-state index in [9.17, 15) is 4.79 Å². The molecule has 0 spiro atoms. The van der Waals surface area contributed by atoms with Gasteiger partial charge in [0.1, 0.15) is 0 Å². The van der Waals surface area contributed by atoms with Gasteiger partial charge in [0, 0.05) is 29.1 Å². The molecular weight excluding hydrogens is 386 g/mol. The lowest BCUT2D eigenvalue weighted by Crippen LogP contribution is -2.15. The molecule has 2 saturated carbocycles. The van der Waals surface area contributed by atoms with Crippen molar-refractivity contribution in [1.29, 1.82) is 0 Å². The maximum atomic E-state index is 12.5. The number of anilines is 1. The van der Waals surface area contributed by atoms with Gasteiger partial charge in [-0.15, -0.1) is 0 Å². The van der Waals surface area contributed by atoms with E-state index in [-0.39, 0.29) is 5.91 Å². The van der Waals surface area contributed by atoms with Crippen molar-refractivity contribution in [2.45, 2.75) is 43.9 Å². The fourth-order valence-electron chi connectivity index (χ4n) is 4.06. The molecule has 6 nitrogen and oxygen atoms in total. The van der Waals surface area contributed by atoms with Crippen molar-refractivity contribution in [3.63, 3.8) is 0 Å². The molecule has 3 heterocycles. The van der Waals surface area contributed by atoms with Crippen LogP contribution in [0.2, 0.25) is 0 Å². The van der Waals surface area contributed by atoms with Crippen molar-refractivity contribution in [3.05, 3.63) is 77.9 Å². The lowest BCUT2D eigenvalue weighted by molar-refractivity contribution is -0.115. The fraction of sp³-hybridized carbons (Fsp3) is 0.280. The highest BCUT2D eigenvalue weighted by Crippen LogP contribution is 2.45. The molecule has 3 aromatic heterocycles. The van der Waals surface area contributed by atoms with Crippen LogP contribution in [0.1, 0.15) is 54.5 Å². The minimum atomic E-state index is -0.0634. The van der Waals surface area contributed by atoms with Crippen LogP contribution in [0.5, 0.6) is 0 Å². The number of rotatable bonds is 6. The van der Waals surface area contributed by atoms with Crippen LogP contribution in [0.15, 0.2) is 60.9 Å². The summed E-state index contributed by atoms with van der Waals surface area (Å²) in [7, 11) is 0. The van der Waals surface area contributed by atoms with Crippen LogP contribution in [-0.2, 0) is 11.2 Å². The molecule has 0 bridgehead atoms. The van der Waals surface area contributed by atoms with Crippen LogP contribution in [-0.4, -0.2) is 25.7 Å². The van der Waals surface area contributed by atoms with Crippen molar-refractivity contribution < 1.29 is 4.79 Å². The van der Waals surface area contributed by atoms with Gasteiger partial charge in [-0.3, -0.25) is 9.78 Å². The maximum absolute atomic E-state index is 12.5. The minimum absolute atomic E-state index is 0.0634. The predicted molar refractivity (Wildman–Crippen MR) is 119 cm³/mol. The highest BCUT2D eigenvalue weighted by molar-refractivity contribution is 5.92. The number of carbonyl (C=O) groups excluding carboxylic acids is 1. The van der Waals surface area contributed by atoms with Crippen molar-refractivity contribution in [1.82, 2.24) is 19.7 Å². The lowest BCUT2D eigenvalue weighted by Gasteiger charge is -2.08. The monoisotopic (exact) mass is 409 g/mol. The van der Waals surface area contributed by atoms with E-state index in [1.807, 2.05) is 47.1 Å². The molecule has 6 heteroatoms. The zero-order valence-electron chi connectivity index (χ0n) is 17.2. The molecule has 0 saturated heterocycles. The molecule has 4 aromatic rings. The number of aromatic nitrogens is 4. The summed E-state index contributed by atoms with van der Waals surface area (Å²) in [6.45, 7) is 0. The Morgan fingerprint density at radius 2 is 1.87 bits per heavy atom. The van der Waals surface area contributed by atoms with Gasteiger partial charge < -0.3 is 5.32 Å². The average molecular weight is 409 g/mol. The van der Waals surface area contributed by atoms with Crippen molar-refractivity contribution in [3.8, 4) is 5.82 Å². The summed E-state index contributed by atoms with van der Waals surface area (Å²) in [6, 6.07) is 15.9. The molecule has 31 heavy (non-hydrogen) atoms. The third kappa shape index (κ3) is 3.81. The Labute approximate surface area is 180 Å². The van der Waals surface area contributed by atoms with Gasteiger partial charge in [-0.1, -0.05) is 12.1 Å². The van der Waals surface area contributed by atoms with Gasteiger partial charge in [0.25, 0.3) is 0 Å². The molecule has 0 radical (unpaired) electrons. The first-order chi connectivity index (χ1) is 15.2. The van der Waals surface area contributed by atoms with Crippen LogP contribution in [0.3, 0.4) is 0 Å². The highest BCUT2D eigenvalue weighted by atomic mass is 16.1. The SMILES string of the molecule is O=C(Cc1ccc2ncccc2c1)Nc1ccc(-n2nc(C3CC3)cc2C2CC2)nc1. The van der Waals surface area contributed by atoms with E-state index >= 15 is 0 Å². The van der Waals surface area contributed by atoms with Crippen LogP contribution in [0, 0.1) is 0 Å². The number of carbonyl (C=O) groups is 1. The van der Waals surface area contributed by atoms with Crippen molar-refractivity contribution in [2.24, 2.45) is 0 Å². The minimum Gasteiger partial charge on any atom is -0.324 e. The lowest BCUT2D eigenvalue weighted by atomic mass is 10.1. The Morgan fingerprint density at radius 3 is 2.65 bits per heavy atom. The number of amides is 1. The van der Waals surface area contributed by atoms with Gasteiger partial charge in [-0.25, -0.2) is 9.67 Å². The smallest absolute Gasteiger partial charge is 0.228 e. The van der Waals surface area contributed by atoms with Crippen LogP contribution < -0.4 is 5.32 Å². The number of benzene rings is 1. The standard InChI is InChI=1S/C25H23N5O/c31-25(13-16-3-9-21-19(12-16)2-1-11-26-21)28-20-8-10-24(27-15-20)30-23(18-6-7-18)14-22(29-30)17-4-5-17/h1-3,8-12,14-15,17-18H,4-7,13H2,(H,28,31). The summed E-state index contributed by atoms with van der Waals surface area (Å²) in [4.78, 5) is 21.5. The van der Waals surface area contributed by atoms with Crippen LogP contribution >= 0.6 is 0 Å². The molecule has 0 aliphatic heterocycles. The normalized spacial score (nSPS) is 15.9. The molecule has 2 aliphatic carbocycles. The Bertz CT molecular complexity index is 1270. The number of nitrogens with one attached hydrogen (secondary N) is 1. The highest BCUT2D eigenvalue weighted by Gasteiger charge is 2.33. The van der Waals surface area contributed by atoms with Gasteiger partial charge in [0.2, 0.25) is 5.91 Å². The van der Waals surface area contributed by atoms with Crippen LogP contribution in [0.25, 0.3) is 16.7 Å². The van der Waals surface area contributed by atoms with E-state index in [1.165, 1.54) is 37.1 Å². The number of nitrogens with zero attached hydrogens (tertiary/aromatic N) is 4. The second kappa shape index (κ2) is 7.30. The molecule has 2 aliphatic rings. The first-order valence-corrected chi connectivity index (χ1v) is 10.9. The second-order valence-electron chi connectivity index (χ2n) is 8.61. The van der Waals surface area contributed by atoms with Gasteiger partial charge in [0.05, 0.1) is 29.5 Å². The van der Waals surface area contributed by atoms with Crippen molar-refractivity contribution >= 4 is 22.5 Å². The Kier molecular flexibility index (Phi) is 4.30. The average Bonchev–Trinajstić information content (AvgIpc) is 3.73. The molecule has 6 rings (SSSR count). The van der Waals surface area contributed by atoms with E-state index in [4.69, 9.17) is 5.10 Å². The number of hydrogen-bond donors (Lipinski definition) is 1. The summed E-state index contributed by atoms with van der Waals surface area (Å²) in [5, 5.41) is 8.83. The third-order valence-electron chi connectivity index (χ3n) is 6.03. The topological polar surface area (TPSA) is 72.7 Å². The van der Waals surface area contributed by atoms with E-state index in [1.54, 1.807) is 12.4 Å². The van der Waals surface area contributed by atoms with Gasteiger partial charge in [-0.05, 0) is 67.6 Å². The quantitative estimate of drug-likeness (QED) is 0.499. The van der Waals surface area contributed by atoms with Gasteiger partial charge in [0.15, 0.2) is 5.82 Å². The molecule has 0 atom stereocenters. The zero-order valence-corrected chi connectivity index (χ0v) is 17.2. The maximum Gasteiger partial charge on any atom is 0.228 e. The molecular formula is C25H23N5O. The first-order valence-electron chi connectivity index (χ1n) is 10.9. The number of hydrogen-bond acceptors (Lipinski definition) is 4. The van der Waals surface area contributed by atoms with Crippen molar-refractivity contribution in [2.75, 3.05) is 5.32 Å². The van der Waals surface area contributed by atoms with Crippen LogP contribution in [0.4, 0.5) is 5.69 Å². The first kappa shape index (κ1) is 18.2. The zero-order chi connectivity index (χ0) is 20.8. The Hall–Kier alpha value is -3.54. The molecule has 1 N–H and O–H groups in total.